The number of halogens is 1. The van der Waals surface area contributed by atoms with Crippen molar-refractivity contribution in [3.63, 3.8) is 0 Å². The lowest BCUT2D eigenvalue weighted by molar-refractivity contribution is 0.0842. The molecule has 2 rings (SSSR count). The summed E-state index contributed by atoms with van der Waals surface area (Å²) >= 11 is 3.26. The van der Waals surface area contributed by atoms with Crippen LogP contribution in [0.2, 0.25) is 0 Å². The number of aryl methyl sites for hydroxylation is 1. The maximum absolute atomic E-state index is 12.1. The summed E-state index contributed by atoms with van der Waals surface area (Å²) in [5.74, 6) is -1.02. The predicted molar refractivity (Wildman–Crippen MR) is 96.8 cm³/mol. The molecule has 1 aromatic heterocycles. The van der Waals surface area contributed by atoms with Gasteiger partial charge in [0, 0.05) is 23.3 Å². The third-order valence-electron chi connectivity index (χ3n) is 3.56. The van der Waals surface area contributed by atoms with E-state index in [4.69, 9.17) is 0 Å². The second-order valence-electron chi connectivity index (χ2n) is 5.68. The molecule has 0 atom stereocenters. The number of carbonyl (C=O) groups is 2. The fourth-order valence-electron chi connectivity index (χ4n) is 2.07. The van der Waals surface area contributed by atoms with E-state index in [1.165, 1.54) is 24.3 Å². The first kappa shape index (κ1) is 19.2. The van der Waals surface area contributed by atoms with E-state index in [1.807, 2.05) is 0 Å². The number of hydrazine groups is 1. The molecular weight excluding hydrogens is 410 g/mol. The minimum Gasteiger partial charge on any atom is -0.345 e. The van der Waals surface area contributed by atoms with Crippen molar-refractivity contribution in [1.29, 1.82) is 0 Å². The molecule has 1 aromatic carbocycles. The number of benzene rings is 1. The van der Waals surface area contributed by atoms with Crippen LogP contribution in [-0.4, -0.2) is 30.0 Å². The molecule has 2 aromatic rings. The summed E-state index contributed by atoms with van der Waals surface area (Å²) in [4.78, 5) is 24.3. The SMILES string of the molecule is CC(C)S(=O)(=O)c1ccc(C(=O)NNC(=O)c2cc(Br)cn2C)cc1. The van der Waals surface area contributed by atoms with Crippen LogP contribution < -0.4 is 10.9 Å². The predicted octanol–water partition coefficient (Wildman–Crippen LogP) is 2.04. The minimum absolute atomic E-state index is 0.150. The molecule has 1 heterocycles. The number of hydrogen-bond acceptors (Lipinski definition) is 4. The van der Waals surface area contributed by atoms with Crippen LogP contribution in [0.4, 0.5) is 0 Å². The molecule has 0 aliphatic heterocycles. The van der Waals surface area contributed by atoms with Crippen molar-refractivity contribution >= 4 is 37.6 Å². The summed E-state index contributed by atoms with van der Waals surface area (Å²) in [5, 5.41) is -0.545. The number of nitrogens with zero attached hydrogens (tertiary/aromatic N) is 1. The normalized spacial score (nSPS) is 11.4. The van der Waals surface area contributed by atoms with E-state index < -0.39 is 26.9 Å². The highest BCUT2D eigenvalue weighted by Crippen LogP contribution is 2.16. The van der Waals surface area contributed by atoms with Gasteiger partial charge in [0.15, 0.2) is 9.84 Å². The van der Waals surface area contributed by atoms with Gasteiger partial charge in [0.2, 0.25) is 0 Å². The molecule has 134 valence electrons. The zero-order chi connectivity index (χ0) is 18.8. The molecule has 2 amide bonds. The zero-order valence-electron chi connectivity index (χ0n) is 13.9. The summed E-state index contributed by atoms with van der Waals surface area (Å²) < 4.78 is 26.5. The molecule has 7 nitrogen and oxygen atoms in total. The number of sulfone groups is 1. The van der Waals surface area contributed by atoms with Crippen LogP contribution in [0.5, 0.6) is 0 Å². The van der Waals surface area contributed by atoms with Crippen LogP contribution in [0, 0.1) is 0 Å². The molecule has 0 spiro atoms. The van der Waals surface area contributed by atoms with E-state index >= 15 is 0 Å². The van der Waals surface area contributed by atoms with Gasteiger partial charge in [-0.15, -0.1) is 0 Å². The number of nitrogens with one attached hydrogen (secondary N) is 2. The van der Waals surface area contributed by atoms with E-state index in [0.717, 1.165) is 4.47 Å². The maximum atomic E-state index is 12.1. The summed E-state index contributed by atoms with van der Waals surface area (Å²) in [7, 11) is -1.69. The molecule has 9 heteroatoms. The molecule has 0 radical (unpaired) electrons. The van der Waals surface area contributed by atoms with E-state index in [9.17, 15) is 18.0 Å². The van der Waals surface area contributed by atoms with Crippen molar-refractivity contribution in [2.45, 2.75) is 24.0 Å². The van der Waals surface area contributed by atoms with Crippen LogP contribution in [0.3, 0.4) is 0 Å². The van der Waals surface area contributed by atoms with E-state index in [-0.39, 0.29) is 10.5 Å². The number of carbonyl (C=O) groups excluding carboxylic acids is 2. The molecule has 0 saturated heterocycles. The first-order chi connectivity index (χ1) is 11.6. The molecule has 0 fully saturated rings. The lowest BCUT2D eigenvalue weighted by Gasteiger charge is -2.10. The van der Waals surface area contributed by atoms with Crippen LogP contribution in [0.25, 0.3) is 0 Å². The fourth-order valence-corrected chi connectivity index (χ4v) is 3.65. The lowest BCUT2D eigenvalue weighted by Crippen LogP contribution is -2.42. The highest BCUT2D eigenvalue weighted by molar-refractivity contribution is 9.10. The highest BCUT2D eigenvalue weighted by atomic mass is 79.9. The first-order valence-electron chi connectivity index (χ1n) is 7.39. The lowest BCUT2D eigenvalue weighted by atomic mass is 10.2. The fraction of sp³-hybridized carbons (Fsp3) is 0.250. The van der Waals surface area contributed by atoms with Crippen molar-refractivity contribution in [3.05, 3.63) is 52.3 Å². The van der Waals surface area contributed by atoms with Gasteiger partial charge in [0.1, 0.15) is 5.69 Å². The zero-order valence-corrected chi connectivity index (χ0v) is 16.3. The standard InChI is InChI=1S/C16H18BrN3O4S/c1-10(2)25(23,24)13-6-4-11(5-7-13)15(21)18-19-16(22)14-8-12(17)9-20(14)3/h4-10H,1-3H3,(H,18,21)(H,19,22). The van der Waals surface area contributed by atoms with Gasteiger partial charge in [-0.1, -0.05) is 0 Å². The van der Waals surface area contributed by atoms with Crippen LogP contribution in [0.1, 0.15) is 34.7 Å². The molecule has 0 aliphatic carbocycles. The second-order valence-corrected chi connectivity index (χ2v) is 9.10. The Morgan fingerprint density at radius 3 is 2.12 bits per heavy atom. The van der Waals surface area contributed by atoms with Gasteiger partial charge in [0.05, 0.1) is 10.1 Å². The third-order valence-corrected chi connectivity index (χ3v) is 6.16. The molecular formula is C16H18BrN3O4S. The summed E-state index contributed by atoms with van der Waals surface area (Å²) in [6.45, 7) is 3.18. The summed E-state index contributed by atoms with van der Waals surface area (Å²) in [6, 6.07) is 7.17. The Balaban J connectivity index is 2.04. The Bertz CT molecular complexity index is 902. The number of amides is 2. The Morgan fingerprint density at radius 1 is 1.08 bits per heavy atom. The van der Waals surface area contributed by atoms with Gasteiger partial charge in [-0.05, 0) is 60.1 Å². The molecule has 0 aliphatic rings. The highest BCUT2D eigenvalue weighted by Gasteiger charge is 2.19. The van der Waals surface area contributed by atoms with Gasteiger partial charge < -0.3 is 4.57 Å². The van der Waals surface area contributed by atoms with Gasteiger partial charge in [0.25, 0.3) is 11.8 Å². The summed E-state index contributed by atoms with van der Waals surface area (Å²) in [5.41, 5.74) is 5.21. The second kappa shape index (κ2) is 7.40. The number of aromatic nitrogens is 1. The van der Waals surface area contributed by atoms with Crippen molar-refractivity contribution < 1.29 is 18.0 Å². The monoisotopic (exact) mass is 427 g/mol. The van der Waals surface area contributed by atoms with E-state index in [2.05, 4.69) is 26.8 Å². The van der Waals surface area contributed by atoms with Crippen molar-refractivity contribution in [2.24, 2.45) is 7.05 Å². The number of hydrogen-bond donors (Lipinski definition) is 2. The number of rotatable bonds is 4. The van der Waals surface area contributed by atoms with Gasteiger partial charge in [-0.25, -0.2) is 8.42 Å². The van der Waals surface area contributed by atoms with E-state index in [1.54, 1.807) is 37.7 Å². The van der Waals surface area contributed by atoms with Crippen molar-refractivity contribution in [3.8, 4) is 0 Å². The van der Waals surface area contributed by atoms with Crippen LogP contribution in [0.15, 0.2) is 45.9 Å². The van der Waals surface area contributed by atoms with Crippen molar-refractivity contribution in [1.82, 2.24) is 15.4 Å². The summed E-state index contributed by atoms with van der Waals surface area (Å²) in [6.07, 6.45) is 1.71. The van der Waals surface area contributed by atoms with Crippen LogP contribution >= 0.6 is 15.9 Å². The van der Waals surface area contributed by atoms with Gasteiger partial charge in [-0.2, -0.15) is 0 Å². The first-order valence-corrected chi connectivity index (χ1v) is 9.73. The quantitative estimate of drug-likeness (QED) is 0.729. The topological polar surface area (TPSA) is 97.3 Å². The smallest absolute Gasteiger partial charge is 0.286 e. The Hall–Kier alpha value is -2.13. The van der Waals surface area contributed by atoms with Crippen LogP contribution in [-0.2, 0) is 16.9 Å². The average molecular weight is 428 g/mol. The Kier molecular flexibility index (Phi) is 5.69. The minimum atomic E-state index is -3.39. The average Bonchev–Trinajstić information content (AvgIpc) is 2.90. The van der Waals surface area contributed by atoms with Crippen molar-refractivity contribution in [2.75, 3.05) is 0 Å². The van der Waals surface area contributed by atoms with Gasteiger partial charge >= 0.3 is 0 Å². The molecule has 2 N–H and O–H groups in total. The molecule has 0 saturated carbocycles. The maximum Gasteiger partial charge on any atom is 0.286 e. The molecule has 0 bridgehead atoms. The third kappa shape index (κ3) is 4.29. The molecule has 0 unspecified atom stereocenters. The Labute approximate surface area is 154 Å². The van der Waals surface area contributed by atoms with Gasteiger partial charge in [-0.3, -0.25) is 20.4 Å². The van der Waals surface area contributed by atoms with E-state index in [0.29, 0.717) is 5.69 Å². The largest absolute Gasteiger partial charge is 0.345 e. The molecule has 25 heavy (non-hydrogen) atoms. The Morgan fingerprint density at radius 2 is 1.64 bits per heavy atom.